The van der Waals surface area contributed by atoms with Gasteiger partial charge in [-0.25, -0.2) is 4.99 Å². The maximum Gasteiger partial charge on any atom is 0.412 e. The summed E-state index contributed by atoms with van der Waals surface area (Å²) in [6.45, 7) is 1.66. The second-order valence-corrected chi connectivity index (χ2v) is 9.67. The molecule has 0 aromatic carbocycles. The van der Waals surface area contributed by atoms with E-state index in [0.29, 0.717) is 42.5 Å². The van der Waals surface area contributed by atoms with E-state index in [2.05, 4.69) is 15.5 Å². The monoisotopic (exact) mass is 523 g/mol. The van der Waals surface area contributed by atoms with Gasteiger partial charge in [0.2, 0.25) is 0 Å². The zero-order valence-corrected chi connectivity index (χ0v) is 20.1. The van der Waals surface area contributed by atoms with Crippen LogP contribution in [0, 0.1) is 28.6 Å². The lowest BCUT2D eigenvalue weighted by Crippen LogP contribution is -2.39. The van der Waals surface area contributed by atoms with Crippen LogP contribution < -0.4 is 5.43 Å². The molecule has 0 spiro atoms. The molecule has 0 fully saturated rings. The predicted octanol–water partition coefficient (Wildman–Crippen LogP) is 6.98. The number of nitrogens with one attached hydrogen (secondary N) is 3. The Labute approximate surface area is 210 Å². The molecular weight excluding hydrogens is 496 g/mol. The van der Waals surface area contributed by atoms with Crippen molar-refractivity contribution in [1.29, 1.82) is 10.8 Å². The summed E-state index contributed by atoms with van der Waals surface area (Å²) < 4.78 is 80.0. The first-order valence-corrected chi connectivity index (χ1v) is 12.0. The zero-order chi connectivity index (χ0) is 27.0. The van der Waals surface area contributed by atoms with Crippen molar-refractivity contribution in [1.82, 2.24) is 5.43 Å². The van der Waals surface area contributed by atoms with Crippen molar-refractivity contribution in [2.45, 2.75) is 57.8 Å². The van der Waals surface area contributed by atoms with Gasteiger partial charge in [-0.1, -0.05) is 24.3 Å². The molecule has 0 bridgehead atoms. The van der Waals surface area contributed by atoms with E-state index in [-0.39, 0.29) is 23.4 Å². The van der Waals surface area contributed by atoms with Gasteiger partial charge in [-0.3, -0.25) is 5.43 Å². The van der Waals surface area contributed by atoms with E-state index in [1.165, 1.54) is 0 Å². The van der Waals surface area contributed by atoms with Gasteiger partial charge in [-0.05, 0) is 62.3 Å². The smallest absolute Gasteiger partial charge is 0.310 e. The molecule has 4 rings (SSSR count). The van der Waals surface area contributed by atoms with Crippen LogP contribution >= 0.6 is 0 Å². The van der Waals surface area contributed by atoms with Gasteiger partial charge in [0.25, 0.3) is 0 Å². The second-order valence-electron chi connectivity index (χ2n) is 9.67. The van der Waals surface area contributed by atoms with Crippen molar-refractivity contribution >= 4 is 23.0 Å². The third-order valence-electron chi connectivity index (χ3n) is 6.77. The molecule has 0 aromatic heterocycles. The van der Waals surface area contributed by atoms with E-state index in [1.807, 2.05) is 24.3 Å². The summed E-state index contributed by atoms with van der Waals surface area (Å²) in [6, 6.07) is 0. The van der Waals surface area contributed by atoms with Crippen LogP contribution in [0.25, 0.3) is 0 Å². The summed E-state index contributed by atoms with van der Waals surface area (Å²) in [5.74, 6) is -2.48. The number of allylic oxidation sites excluding steroid dienone is 8. The van der Waals surface area contributed by atoms with Gasteiger partial charge in [0.1, 0.15) is 5.84 Å². The number of fused-ring (bicyclic) bond motifs is 1. The summed E-state index contributed by atoms with van der Waals surface area (Å²) >= 11 is 0. The lowest BCUT2D eigenvalue weighted by molar-refractivity contribution is -0.166. The van der Waals surface area contributed by atoms with E-state index < -0.39 is 30.3 Å². The van der Waals surface area contributed by atoms with Gasteiger partial charge in [-0.15, -0.1) is 0 Å². The normalized spacial score (nSPS) is 27.3. The third-order valence-corrected chi connectivity index (χ3v) is 6.77. The van der Waals surface area contributed by atoms with Crippen molar-refractivity contribution in [3.8, 4) is 0 Å². The fourth-order valence-corrected chi connectivity index (χ4v) is 4.89. The highest BCUT2D eigenvalue weighted by Gasteiger charge is 2.45. The Morgan fingerprint density at radius 3 is 2.54 bits per heavy atom. The van der Waals surface area contributed by atoms with Crippen LogP contribution in [0.5, 0.6) is 0 Å². The van der Waals surface area contributed by atoms with Crippen molar-refractivity contribution in [3.05, 3.63) is 58.9 Å². The molecule has 3 aliphatic carbocycles. The van der Waals surface area contributed by atoms with Crippen LogP contribution in [-0.2, 0) is 0 Å². The fourth-order valence-electron chi connectivity index (χ4n) is 4.89. The van der Waals surface area contributed by atoms with E-state index in [1.54, 1.807) is 6.92 Å². The fraction of sp³-hybridized carbons (Fsp3) is 0.462. The van der Waals surface area contributed by atoms with Gasteiger partial charge in [0, 0.05) is 35.3 Å². The average molecular weight is 524 g/mol. The molecule has 0 saturated heterocycles. The first-order valence-electron chi connectivity index (χ1n) is 12.0. The Morgan fingerprint density at radius 1 is 1.16 bits per heavy atom. The number of hydrazone groups is 1. The minimum Gasteiger partial charge on any atom is -0.310 e. The second kappa shape index (κ2) is 10.3. The molecule has 1 heterocycles. The van der Waals surface area contributed by atoms with Gasteiger partial charge in [0.15, 0.2) is 0 Å². The Bertz CT molecular complexity index is 1190. The summed E-state index contributed by atoms with van der Waals surface area (Å²) in [4.78, 5) is 4.21. The highest BCUT2D eigenvalue weighted by molar-refractivity contribution is 6.19. The van der Waals surface area contributed by atoms with Crippen molar-refractivity contribution in [2.75, 3.05) is 0 Å². The van der Waals surface area contributed by atoms with Crippen LogP contribution in [-0.4, -0.2) is 35.3 Å². The van der Waals surface area contributed by atoms with Gasteiger partial charge in [0.05, 0.1) is 17.3 Å². The molecule has 3 unspecified atom stereocenters. The molecule has 37 heavy (non-hydrogen) atoms. The topological polar surface area (TPSA) is 84.5 Å². The highest BCUT2D eigenvalue weighted by atomic mass is 19.4. The lowest BCUT2D eigenvalue weighted by Gasteiger charge is -2.32. The zero-order valence-electron chi connectivity index (χ0n) is 20.1. The Morgan fingerprint density at radius 2 is 1.92 bits per heavy atom. The van der Waals surface area contributed by atoms with E-state index in [4.69, 9.17) is 10.8 Å². The lowest BCUT2D eigenvalue weighted by atomic mass is 9.79. The molecule has 3 N–H and O–H groups in total. The average Bonchev–Trinajstić information content (AvgIpc) is 2.83. The Hall–Kier alpha value is -3.24. The van der Waals surface area contributed by atoms with Crippen LogP contribution in [0.15, 0.2) is 69.0 Å². The number of halogens is 6. The molecule has 1 aliphatic heterocycles. The first kappa shape index (κ1) is 26.8. The number of hydrogen-bond acceptors (Lipinski definition) is 4. The maximum absolute atomic E-state index is 13.3. The van der Waals surface area contributed by atoms with E-state index >= 15 is 0 Å². The molecule has 0 saturated carbocycles. The quantitative estimate of drug-likeness (QED) is 0.264. The standard InChI is InChI=1S/C26H27F6N5/c1-14(33)10-22(34)15-6-8-16(9-7-15)23-20-4-2-3-5-21(20)24(37-36-23)35-19-12-17(25(27,28)29)11-18(13-19)26(30,31)32/h4,6,8-9,12-13,15,17,21,33-34H,2-3,5,7,10-11H2,1H3,(H,35,37). The molecule has 0 aromatic rings. The predicted molar refractivity (Wildman–Crippen MR) is 131 cm³/mol. The van der Waals surface area contributed by atoms with Crippen LogP contribution in [0.1, 0.15) is 45.4 Å². The van der Waals surface area contributed by atoms with E-state index in [9.17, 15) is 26.3 Å². The van der Waals surface area contributed by atoms with Gasteiger partial charge in [-0.2, -0.15) is 31.4 Å². The molecule has 3 atom stereocenters. The van der Waals surface area contributed by atoms with Crippen LogP contribution in [0.4, 0.5) is 26.3 Å². The Balaban J connectivity index is 1.62. The van der Waals surface area contributed by atoms with Crippen molar-refractivity contribution < 1.29 is 26.3 Å². The first-order chi connectivity index (χ1) is 17.3. The summed E-state index contributed by atoms with van der Waals surface area (Å²) in [5.41, 5.74) is 4.36. The van der Waals surface area contributed by atoms with Gasteiger partial charge >= 0.3 is 12.4 Å². The molecule has 198 valence electrons. The highest BCUT2D eigenvalue weighted by Crippen LogP contribution is 2.42. The van der Waals surface area contributed by atoms with Crippen LogP contribution in [0.2, 0.25) is 0 Å². The number of hydrogen-bond donors (Lipinski definition) is 3. The number of amidine groups is 1. The third kappa shape index (κ3) is 6.19. The number of aliphatic imine (C=N–C) groups is 1. The minimum absolute atomic E-state index is 0.108. The molecular formula is C26H27F6N5. The largest absolute Gasteiger partial charge is 0.412 e. The SMILES string of the molecule is CC(=N)CC(=N)C1C=CC(C2=NNC(=NC3=CC(C(F)(F)F)CC(C(F)(F)F)=C3)C3CCCC=C23)=CC1. The summed E-state index contributed by atoms with van der Waals surface area (Å²) in [5, 5.41) is 20.2. The maximum atomic E-state index is 13.3. The molecule has 5 nitrogen and oxygen atoms in total. The molecule has 0 radical (unpaired) electrons. The number of nitrogens with zero attached hydrogens (tertiary/aromatic N) is 2. The number of alkyl halides is 6. The van der Waals surface area contributed by atoms with Gasteiger partial charge < -0.3 is 10.8 Å². The van der Waals surface area contributed by atoms with Crippen LogP contribution in [0.3, 0.4) is 0 Å². The Kier molecular flexibility index (Phi) is 7.43. The van der Waals surface area contributed by atoms with Crippen molar-refractivity contribution in [2.24, 2.45) is 27.8 Å². The molecule has 0 amide bonds. The number of rotatable bonds is 5. The molecule has 11 heteroatoms. The molecule has 4 aliphatic rings. The summed E-state index contributed by atoms with van der Waals surface area (Å²) in [7, 11) is 0. The van der Waals surface area contributed by atoms with Crippen molar-refractivity contribution in [3.63, 3.8) is 0 Å². The minimum atomic E-state index is -4.88. The van der Waals surface area contributed by atoms with E-state index in [0.717, 1.165) is 30.1 Å². The summed E-state index contributed by atoms with van der Waals surface area (Å²) in [6.07, 6.45) is 1.38.